The number of benzene rings is 2. The minimum Gasteiger partial charge on any atom is -0.368 e. The van der Waals surface area contributed by atoms with Crippen LogP contribution >= 0.6 is 13.5 Å². The molecule has 3 heteroatoms. The first kappa shape index (κ1) is 17.6. The zero-order valence-corrected chi connectivity index (χ0v) is 15.1. The number of hydrogen-bond acceptors (Lipinski definition) is 1. The lowest BCUT2D eigenvalue weighted by atomic mass is 9.70. The zero-order valence-electron chi connectivity index (χ0n) is 14.1. The van der Waals surface area contributed by atoms with Crippen molar-refractivity contribution in [2.45, 2.75) is 25.2 Å². The molecule has 5 rings (SSSR count). The lowest BCUT2D eigenvalue weighted by Gasteiger charge is -2.33. The van der Waals surface area contributed by atoms with E-state index in [0.29, 0.717) is 11.7 Å². The van der Waals surface area contributed by atoms with Gasteiger partial charge in [-0.05, 0) is 52.8 Å². The molecule has 1 saturated carbocycles. The van der Waals surface area contributed by atoms with Crippen LogP contribution in [0.5, 0.6) is 0 Å². The Balaban J connectivity index is 0.000000264. The number of carbonyl (C=O) groups is 1. The van der Waals surface area contributed by atoms with Crippen molar-refractivity contribution >= 4 is 36.1 Å². The van der Waals surface area contributed by atoms with Gasteiger partial charge < -0.3 is 4.98 Å². The van der Waals surface area contributed by atoms with Crippen LogP contribution in [0.3, 0.4) is 0 Å². The van der Waals surface area contributed by atoms with Crippen LogP contribution in [0, 0.1) is 5.92 Å². The first-order valence-electron chi connectivity index (χ1n) is 8.65. The van der Waals surface area contributed by atoms with Gasteiger partial charge in [0.15, 0.2) is 0 Å². The van der Waals surface area contributed by atoms with Crippen LogP contribution in [-0.2, 0) is 4.79 Å². The maximum atomic E-state index is 12.1. The Morgan fingerprint density at radius 2 is 1.76 bits per heavy atom. The summed E-state index contributed by atoms with van der Waals surface area (Å²) in [6.07, 6.45) is 11.0. The van der Waals surface area contributed by atoms with Crippen LogP contribution in [0.1, 0.15) is 36.3 Å². The topological polar surface area (TPSA) is 32.9 Å². The van der Waals surface area contributed by atoms with Gasteiger partial charge in [0.1, 0.15) is 5.78 Å². The Kier molecular flexibility index (Phi) is 5.44. The van der Waals surface area contributed by atoms with Crippen LogP contribution in [0.4, 0.5) is 0 Å². The van der Waals surface area contributed by atoms with Crippen molar-refractivity contribution in [1.82, 2.24) is 4.98 Å². The number of hydrogen-bond donors (Lipinski definition) is 1. The van der Waals surface area contributed by atoms with Gasteiger partial charge >= 0.3 is 0 Å². The molecule has 2 aliphatic carbocycles. The van der Waals surface area contributed by atoms with E-state index in [0.717, 1.165) is 19.3 Å². The van der Waals surface area contributed by atoms with E-state index >= 15 is 0 Å². The Hall–Kier alpha value is -2.26. The van der Waals surface area contributed by atoms with Crippen molar-refractivity contribution in [1.29, 1.82) is 0 Å². The Labute approximate surface area is 155 Å². The summed E-state index contributed by atoms with van der Waals surface area (Å²) in [6.45, 7) is 0. The smallest absolute Gasteiger partial charge is 0.140 e. The summed E-state index contributed by atoms with van der Waals surface area (Å²) < 4.78 is 0. The van der Waals surface area contributed by atoms with Crippen molar-refractivity contribution in [3.8, 4) is 0 Å². The molecule has 1 fully saturated rings. The number of aromatic amines is 1. The van der Waals surface area contributed by atoms with E-state index in [1.165, 1.54) is 21.9 Å². The van der Waals surface area contributed by atoms with E-state index < -0.39 is 0 Å². The van der Waals surface area contributed by atoms with E-state index in [2.05, 4.69) is 53.5 Å². The van der Waals surface area contributed by atoms with Crippen molar-refractivity contribution in [2.24, 2.45) is 5.92 Å². The molecule has 1 N–H and O–H groups in total. The summed E-state index contributed by atoms with van der Waals surface area (Å²) in [5.74, 6) is 0.958. The molecule has 2 aromatic carbocycles. The number of carbonyl (C=O) groups excluding carboxylic acids is 1. The van der Waals surface area contributed by atoms with Crippen LogP contribution in [-0.4, -0.2) is 10.8 Å². The number of fused-ring (bicyclic) bond motifs is 5. The van der Waals surface area contributed by atoms with Crippen LogP contribution in [0.2, 0.25) is 0 Å². The monoisotopic (exact) mass is 349 g/mol. The van der Waals surface area contributed by atoms with E-state index in [4.69, 9.17) is 0 Å². The normalized spacial score (nSPS) is 20.7. The molecule has 25 heavy (non-hydrogen) atoms. The molecule has 2 nitrogen and oxygen atoms in total. The Morgan fingerprint density at radius 3 is 2.52 bits per heavy atom. The second-order valence-electron chi connectivity index (χ2n) is 6.52. The van der Waals surface area contributed by atoms with E-state index in [1.54, 1.807) is 0 Å². The third kappa shape index (κ3) is 3.42. The third-order valence-electron chi connectivity index (χ3n) is 5.11. The maximum Gasteiger partial charge on any atom is 0.140 e. The maximum absolute atomic E-state index is 12.1. The summed E-state index contributed by atoms with van der Waals surface area (Å²) in [5, 5.41) is 2.60. The molecule has 1 heterocycles. The van der Waals surface area contributed by atoms with Gasteiger partial charge in [0.25, 0.3) is 0 Å². The largest absolute Gasteiger partial charge is 0.368 e. The van der Waals surface area contributed by atoms with Gasteiger partial charge in [0.05, 0.1) is 0 Å². The van der Waals surface area contributed by atoms with Crippen LogP contribution < -0.4 is 0 Å². The molecule has 2 unspecified atom stereocenters. The third-order valence-corrected chi connectivity index (χ3v) is 5.11. The van der Waals surface area contributed by atoms with Crippen molar-refractivity contribution in [3.63, 3.8) is 0 Å². The predicted molar refractivity (Wildman–Crippen MR) is 109 cm³/mol. The number of allylic oxidation sites excluding steroid dienone is 1. The van der Waals surface area contributed by atoms with Gasteiger partial charge in [-0.2, -0.15) is 13.5 Å². The number of ketones is 1. The number of H-pyrrole nitrogens is 1. The summed E-state index contributed by atoms with van der Waals surface area (Å²) in [4.78, 5) is 14.9. The number of nitrogens with one attached hydrogen (secondary N) is 1. The first-order chi connectivity index (χ1) is 11.8. The fourth-order valence-electron chi connectivity index (χ4n) is 3.96. The van der Waals surface area contributed by atoms with Crippen molar-refractivity contribution in [2.75, 3.05) is 0 Å². The van der Waals surface area contributed by atoms with Gasteiger partial charge in [-0.15, -0.1) is 0 Å². The second-order valence-corrected chi connectivity index (χ2v) is 6.52. The molecule has 1 aromatic heterocycles. The van der Waals surface area contributed by atoms with Crippen molar-refractivity contribution in [3.05, 3.63) is 78.1 Å². The van der Waals surface area contributed by atoms with Crippen LogP contribution in [0.15, 0.2) is 67.0 Å². The Bertz CT molecular complexity index is 865. The summed E-state index contributed by atoms with van der Waals surface area (Å²) in [5.41, 5.74) is 2.70. The first-order valence-corrected chi connectivity index (χ1v) is 8.65. The molecule has 2 atom stereocenters. The fraction of sp³-hybridized carbons (Fsp3) is 0.227. The standard InChI is InChI=1S/C18H16O.C4H5N.H2S/c19-18-7-3-6-14-16-9-8-12-4-1-2-5-13(12)15(16)10-11-17(14)18;1-2-4-5-3-1;/h1-2,4-5,8-11,14,17H,3,6-7H2;1-5H;1H2. The average molecular weight is 349 g/mol. The van der Waals surface area contributed by atoms with Gasteiger partial charge in [-0.25, -0.2) is 0 Å². The minimum atomic E-state index is 0. The quantitative estimate of drug-likeness (QED) is 0.575. The molecule has 2 aliphatic rings. The Morgan fingerprint density at radius 1 is 0.960 bits per heavy atom. The molecule has 0 amide bonds. The molecule has 0 aliphatic heterocycles. The average Bonchev–Trinajstić information content (AvgIpc) is 3.21. The van der Waals surface area contributed by atoms with E-state index in [9.17, 15) is 4.79 Å². The highest BCUT2D eigenvalue weighted by atomic mass is 32.1. The van der Waals surface area contributed by atoms with Gasteiger partial charge in [0, 0.05) is 24.7 Å². The molecular weight excluding hydrogens is 326 g/mol. The molecule has 0 bridgehead atoms. The highest BCUT2D eigenvalue weighted by Gasteiger charge is 2.34. The highest BCUT2D eigenvalue weighted by Crippen LogP contribution is 2.43. The molecule has 3 aromatic rings. The predicted octanol–water partition coefficient (Wildman–Crippen LogP) is 5.45. The highest BCUT2D eigenvalue weighted by molar-refractivity contribution is 7.59. The summed E-state index contributed by atoms with van der Waals surface area (Å²) >= 11 is 0. The zero-order chi connectivity index (χ0) is 16.4. The summed E-state index contributed by atoms with van der Waals surface area (Å²) in [7, 11) is 0. The van der Waals surface area contributed by atoms with E-state index in [-0.39, 0.29) is 19.4 Å². The molecular formula is C22H23NOS. The lowest BCUT2D eigenvalue weighted by Crippen LogP contribution is -2.27. The fourth-order valence-corrected chi connectivity index (χ4v) is 3.96. The van der Waals surface area contributed by atoms with Gasteiger partial charge in [0.2, 0.25) is 0 Å². The molecule has 128 valence electrons. The lowest BCUT2D eigenvalue weighted by molar-refractivity contribution is -0.123. The molecule has 0 spiro atoms. The van der Waals surface area contributed by atoms with Gasteiger partial charge in [-0.3, -0.25) is 4.79 Å². The molecule has 0 radical (unpaired) electrons. The van der Waals surface area contributed by atoms with Crippen molar-refractivity contribution < 1.29 is 4.79 Å². The van der Waals surface area contributed by atoms with E-state index in [1.807, 2.05) is 24.5 Å². The number of rotatable bonds is 0. The van der Waals surface area contributed by atoms with Gasteiger partial charge in [-0.1, -0.05) is 48.6 Å². The summed E-state index contributed by atoms with van der Waals surface area (Å²) in [6, 6.07) is 16.8. The molecule has 0 saturated heterocycles. The van der Waals surface area contributed by atoms with Crippen LogP contribution in [0.25, 0.3) is 16.8 Å². The number of Topliss-reactive ketones (excluding diaryl/α,β-unsaturated/α-hetero) is 1. The minimum absolute atomic E-state index is 0. The number of aromatic nitrogens is 1. The second kappa shape index (κ2) is 7.75. The SMILES string of the molecule is O=C1CCCC2c3ccc4ccccc4c3C=CC12.S.c1cc[nH]c1.